The molecule has 2 aromatic heterocycles. The van der Waals surface area contributed by atoms with E-state index in [-0.39, 0.29) is 0 Å². The maximum atomic E-state index is 5.07. The number of hydrogen-bond donors (Lipinski definition) is 0. The van der Waals surface area contributed by atoms with Gasteiger partial charge >= 0.3 is 6.01 Å². The number of nitrogens with zero attached hydrogens (tertiary/aromatic N) is 8. The van der Waals surface area contributed by atoms with Gasteiger partial charge in [-0.05, 0) is 20.8 Å². The highest BCUT2D eigenvalue weighted by Gasteiger charge is 2.13. The molecular weight excluding hydrogens is 284 g/mol. The second-order valence-electron chi connectivity index (χ2n) is 4.94. The molecular formula is C13H20N8O. The van der Waals surface area contributed by atoms with Gasteiger partial charge in [-0.3, -0.25) is 0 Å². The summed E-state index contributed by atoms with van der Waals surface area (Å²) in [4.78, 5) is 29.2. The van der Waals surface area contributed by atoms with E-state index >= 15 is 0 Å². The maximum absolute atomic E-state index is 5.07. The highest BCUT2D eigenvalue weighted by atomic mass is 16.5. The normalized spacial score (nSPS) is 10.5. The monoisotopic (exact) mass is 304 g/mol. The molecule has 0 fully saturated rings. The van der Waals surface area contributed by atoms with Crippen molar-refractivity contribution in [3.63, 3.8) is 0 Å². The van der Waals surface area contributed by atoms with Gasteiger partial charge in [0.1, 0.15) is 17.5 Å². The molecule has 0 spiro atoms. The Labute approximate surface area is 129 Å². The Balaban J connectivity index is 2.17. The molecule has 2 heterocycles. The number of anilines is 2. The molecule has 118 valence electrons. The lowest BCUT2D eigenvalue weighted by Gasteiger charge is -2.25. The summed E-state index contributed by atoms with van der Waals surface area (Å²) in [5.41, 5.74) is 0. The molecule has 9 heteroatoms. The predicted octanol–water partition coefficient (Wildman–Crippen LogP) is 0.521. The van der Waals surface area contributed by atoms with E-state index in [9.17, 15) is 0 Å². The van der Waals surface area contributed by atoms with E-state index < -0.39 is 0 Å². The molecule has 0 saturated heterocycles. The van der Waals surface area contributed by atoms with Gasteiger partial charge in [0.05, 0.1) is 13.8 Å². The molecule has 0 radical (unpaired) electrons. The molecule has 2 rings (SSSR count). The van der Waals surface area contributed by atoms with Crippen molar-refractivity contribution in [1.29, 1.82) is 0 Å². The van der Waals surface area contributed by atoms with Gasteiger partial charge in [0.2, 0.25) is 11.9 Å². The first-order valence-corrected chi connectivity index (χ1v) is 6.77. The van der Waals surface area contributed by atoms with Gasteiger partial charge in [-0.25, -0.2) is 4.98 Å². The van der Waals surface area contributed by atoms with Gasteiger partial charge in [-0.15, -0.1) is 0 Å². The van der Waals surface area contributed by atoms with Crippen molar-refractivity contribution in [3.8, 4) is 6.01 Å². The Morgan fingerprint density at radius 2 is 1.18 bits per heavy atom. The quantitative estimate of drug-likeness (QED) is 0.733. The maximum Gasteiger partial charge on any atom is 0.321 e. The van der Waals surface area contributed by atoms with Crippen LogP contribution in [0.15, 0.2) is 0 Å². The second kappa shape index (κ2) is 6.46. The lowest BCUT2D eigenvalue weighted by atomic mass is 10.6. The van der Waals surface area contributed by atoms with E-state index in [0.717, 1.165) is 0 Å². The van der Waals surface area contributed by atoms with Gasteiger partial charge in [0.15, 0.2) is 0 Å². The Morgan fingerprint density at radius 3 is 1.68 bits per heavy atom. The average molecular weight is 304 g/mol. The van der Waals surface area contributed by atoms with Crippen LogP contribution >= 0.6 is 0 Å². The minimum absolute atomic E-state index is 0.295. The summed E-state index contributed by atoms with van der Waals surface area (Å²) in [6.45, 7) is 5.99. The third kappa shape index (κ3) is 3.74. The molecule has 0 aliphatic rings. The fourth-order valence-electron chi connectivity index (χ4n) is 1.92. The van der Waals surface area contributed by atoms with Crippen molar-refractivity contribution in [3.05, 3.63) is 17.5 Å². The lowest BCUT2D eigenvalue weighted by Crippen LogP contribution is -2.35. The lowest BCUT2D eigenvalue weighted by molar-refractivity contribution is 0.376. The molecule has 0 amide bonds. The number of aryl methyl sites for hydroxylation is 3. The fourth-order valence-corrected chi connectivity index (χ4v) is 1.92. The van der Waals surface area contributed by atoms with Crippen molar-refractivity contribution < 1.29 is 4.74 Å². The minimum atomic E-state index is 0.295. The Hall–Kier alpha value is -2.58. The van der Waals surface area contributed by atoms with Crippen LogP contribution in [0.4, 0.5) is 11.9 Å². The third-order valence-corrected chi connectivity index (χ3v) is 2.85. The van der Waals surface area contributed by atoms with E-state index in [1.165, 1.54) is 7.11 Å². The van der Waals surface area contributed by atoms with Gasteiger partial charge in [0, 0.05) is 14.1 Å². The van der Waals surface area contributed by atoms with E-state index in [0.29, 0.717) is 42.0 Å². The van der Waals surface area contributed by atoms with E-state index in [4.69, 9.17) is 4.74 Å². The SMILES string of the molecule is COc1nc(C)nc(N(C)CN(C)c2nc(C)nc(C)n2)n1. The van der Waals surface area contributed by atoms with E-state index in [1.807, 2.05) is 37.7 Å². The first-order chi connectivity index (χ1) is 10.4. The molecule has 0 N–H and O–H groups in total. The first kappa shape index (κ1) is 15.8. The Morgan fingerprint density at radius 1 is 0.727 bits per heavy atom. The van der Waals surface area contributed by atoms with Crippen LogP contribution in [0.2, 0.25) is 0 Å². The molecule has 0 aromatic carbocycles. The summed E-state index contributed by atoms with van der Waals surface area (Å²) in [6, 6.07) is 0.295. The summed E-state index contributed by atoms with van der Waals surface area (Å²) >= 11 is 0. The van der Waals surface area contributed by atoms with Crippen LogP contribution in [0, 0.1) is 20.8 Å². The molecule has 22 heavy (non-hydrogen) atoms. The van der Waals surface area contributed by atoms with Gasteiger partial charge < -0.3 is 14.5 Å². The predicted molar refractivity (Wildman–Crippen MR) is 82.1 cm³/mol. The second-order valence-corrected chi connectivity index (χ2v) is 4.94. The zero-order valence-corrected chi connectivity index (χ0v) is 13.7. The van der Waals surface area contributed by atoms with Crippen molar-refractivity contribution in [2.45, 2.75) is 20.8 Å². The van der Waals surface area contributed by atoms with Crippen LogP contribution in [0.5, 0.6) is 6.01 Å². The molecule has 0 saturated carbocycles. The van der Waals surface area contributed by atoms with Crippen molar-refractivity contribution in [1.82, 2.24) is 29.9 Å². The molecule has 2 aromatic rings. The average Bonchev–Trinajstić information content (AvgIpc) is 2.45. The van der Waals surface area contributed by atoms with E-state index in [2.05, 4.69) is 29.9 Å². The minimum Gasteiger partial charge on any atom is -0.467 e. The summed E-state index contributed by atoms with van der Waals surface area (Å²) in [6.07, 6.45) is 0. The molecule has 0 bridgehead atoms. The molecule has 0 atom stereocenters. The van der Waals surface area contributed by atoms with Crippen LogP contribution < -0.4 is 14.5 Å². The number of aromatic nitrogens is 6. The Bertz CT molecular complexity index is 642. The van der Waals surface area contributed by atoms with Crippen LogP contribution in [-0.4, -0.2) is 57.8 Å². The van der Waals surface area contributed by atoms with Crippen LogP contribution in [0.1, 0.15) is 17.5 Å². The highest BCUT2D eigenvalue weighted by molar-refractivity contribution is 5.35. The first-order valence-electron chi connectivity index (χ1n) is 6.77. The Kier molecular flexibility index (Phi) is 4.64. The molecule has 0 unspecified atom stereocenters. The zero-order valence-electron chi connectivity index (χ0n) is 13.7. The summed E-state index contributed by atoms with van der Waals surface area (Å²) in [5, 5.41) is 0. The van der Waals surface area contributed by atoms with Crippen LogP contribution in [-0.2, 0) is 0 Å². The molecule has 9 nitrogen and oxygen atoms in total. The topological polar surface area (TPSA) is 93.1 Å². The van der Waals surface area contributed by atoms with Gasteiger partial charge in [-0.1, -0.05) is 0 Å². The van der Waals surface area contributed by atoms with Crippen LogP contribution in [0.3, 0.4) is 0 Å². The third-order valence-electron chi connectivity index (χ3n) is 2.85. The number of ether oxygens (including phenoxy) is 1. The van der Waals surface area contributed by atoms with E-state index in [1.54, 1.807) is 6.92 Å². The number of methoxy groups -OCH3 is 1. The summed E-state index contributed by atoms with van der Waals surface area (Å²) < 4.78 is 5.07. The van der Waals surface area contributed by atoms with Crippen molar-refractivity contribution in [2.75, 3.05) is 37.7 Å². The number of hydrogen-bond acceptors (Lipinski definition) is 9. The summed E-state index contributed by atoms with van der Waals surface area (Å²) in [5.74, 6) is 3.11. The van der Waals surface area contributed by atoms with Gasteiger partial charge in [0.25, 0.3) is 0 Å². The highest BCUT2D eigenvalue weighted by Crippen LogP contribution is 2.12. The van der Waals surface area contributed by atoms with Crippen LogP contribution in [0.25, 0.3) is 0 Å². The fraction of sp³-hybridized carbons (Fsp3) is 0.538. The largest absolute Gasteiger partial charge is 0.467 e. The molecule has 0 aliphatic heterocycles. The summed E-state index contributed by atoms with van der Waals surface area (Å²) in [7, 11) is 5.31. The smallest absolute Gasteiger partial charge is 0.321 e. The van der Waals surface area contributed by atoms with Gasteiger partial charge in [-0.2, -0.15) is 24.9 Å². The standard InChI is InChI=1S/C13H20N8O/c1-8-14-9(2)16-11(15-8)20(4)7-21(5)12-17-10(3)18-13(19-12)22-6/h7H2,1-6H3. The molecule has 0 aliphatic carbocycles. The van der Waals surface area contributed by atoms with Crippen molar-refractivity contribution in [2.24, 2.45) is 0 Å². The number of rotatable bonds is 5. The van der Waals surface area contributed by atoms with Crippen molar-refractivity contribution >= 4 is 11.9 Å². The zero-order chi connectivity index (χ0) is 16.3.